The fourth-order valence-electron chi connectivity index (χ4n) is 2.81. The number of aromatic nitrogens is 1. The molecule has 0 saturated heterocycles. The van der Waals surface area contributed by atoms with Crippen LogP contribution in [0.15, 0.2) is 57.7 Å². The van der Waals surface area contributed by atoms with Gasteiger partial charge in [0.2, 0.25) is 0 Å². The number of nitrogens with zero attached hydrogens (tertiary/aromatic N) is 1. The van der Waals surface area contributed by atoms with E-state index in [4.69, 9.17) is 13.9 Å². The lowest BCUT2D eigenvalue weighted by Gasteiger charge is -2.10. The summed E-state index contributed by atoms with van der Waals surface area (Å²) in [5.41, 5.74) is 1.46. The zero-order valence-electron chi connectivity index (χ0n) is 16.3. The fourth-order valence-corrected chi connectivity index (χ4v) is 2.81. The topological polar surface area (TPSA) is 117 Å². The molecule has 0 aliphatic carbocycles. The van der Waals surface area contributed by atoms with Crippen LogP contribution in [0.5, 0.6) is 0 Å². The monoisotopic (exact) mass is 412 g/mol. The summed E-state index contributed by atoms with van der Waals surface area (Å²) < 4.78 is 16.3. The minimum Gasteiger partial charge on any atom is -0.462 e. The third-order valence-corrected chi connectivity index (χ3v) is 4.17. The Hall–Kier alpha value is -3.88. The normalized spacial score (nSPS) is 10.6. The highest BCUT2D eigenvalue weighted by molar-refractivity contribution is 6.01. The highest BCUT2D eigenvalue weighted by Crippen LogP contribution is 2.16. The molecule has 156 valence electrons. The van der Waals surface area contributed by atoms with Crippen LogP contribution in [0.4, 0.5) is 5.69 Å². The van der Waals surface area contributed by atoms with Crippen LogP contribution in [-0.2, 0) is 25.6 Å². The summed E-state index contributed by atoms with van der Waals surface area (Å²) in [5.74, 6) is -2.40. The molecule has 0 saturated carbocycles. The van der Waals surface area contributed by atoms with Crippen LogP contribution in [0.25, 0.3) is 11.1 Å². The number of benzene rings is 2. The Morgan fingerprint density at radius 1 is 1.03 bits per heavy atom. The Morgan fingerprint density at radius 3 is 2.57 bits per heavy atom. The van der Waals surface area contributed by atoms with Crippen molar-refractivity contribution in [2.75, 3.05) is 18.5 Å². The summed E-state index contributed by atoms with van der Waals surface area (Å²) in [6.45, 7) is 1.41. The fraction of sp³-hybridized carbons (Fsp3) is 0.238. The number of hydrogen-bond acceptors (Lipinski definition) is 7. The lowest BCUT2D eigenvalue weighted by atomic mass is 10.2. The van der Waals surface area contributed by atoms with Gasteiger partial charge in [-0.25, -0.2) is 9.59 Å². The van der Waals surface area contributed by atoms with Crippen LogP contribution in [0, 0.1) is 0 Å². The SMILES string of the molecule is CCOC(=O)c1ccccc1NC(=O)COC(=O)CCn1c(=O)oc2ccccc21. The number of carbonyl (C=O) groups is 3. The van der Waals surface area contributed by atoms with Gasteiger partial charge in [-0.3, -0.25) is 14.2 Å². The highest BCUT2D eigenvalue weighted by Gasteiger charge is 2.16. The molecule has 0 aliphatic heterocycles. The number of aryl methyl sites for hydroxylation is 1. The van der Waals surface area contributed by atoms with Gasteiger partial charge in [-0.2, -0.15) is 0 Å². The second-order valence-corrected chi connectivity index (χ2v) is 6.21. The Labute approximate surface area is 171 Å². The van der Waals surface area contributed by atoms with Crippen LogP contribution >= 0.6 is 0 Å². The van der Waals surface area contributed by atoms with E-state index in [1.54, 1.807) is 49.4 Å². The van der Waals surface area contributed by atoms with Crippen molar-refractivity contribution in [3.8, 4) is 0 Å². The minimum absolute atomic E-state index is 0.0575. The van der Waals surface area contributed by atoms with E-state index in [1.807, 2.05) is 0 Å². The Bertz CT molecular complexity index is 1130. The molecule has 0 spiro atoms. The molecule has 9 nitrogen and oxygen atoms in total. The van der Waals surface area contributed by atoms with Gasteiger partial charge in [-0.15, -0.1) is 0 Å². The number of oxazole rings is 1. The van der Waals surface area contributed by atoms with E-state index in [1.165, 1.54) is 10.6 Å². The summed E-state index contributed by atoms with van der Waals surface area (Å²) in [7, 11) is 0. The third-order valence-electron chi connectivity index (χ3n) is 4.17. The van der Waals surface area contributed by atoms with E-state index < -0.39 is 30.2 Å². The van der Waals surface area contributed by atoms with Crippen molar-refractivity contribution in [2.24, 2.45) is 0 Å². The van der Waals surface area contributed by atoms with E-state index in [2.05, 4.69) is 5.32 Å². The van der Waals surface area contributed by atoms with Gasteiger partial charge in [-0.1, -0.05) is 24.3 Å². The second kappa shape index (κ2) is 9.55. The number of fused-ring (bicyclic) bond motifs is 1. The molecule has 1 heterocycles. The van der Waals surface area contributed by atoms with Crippen molar-refractivity contribution in [1.29, 1.82) is 0 Å². The molecule has 0 unspecified atom stereocenters. The van der Waals surface area contributed by atoms with Crippen molar-refractivity contribution < 1.29 is 28.3 Å². The smallest absolute Gasteiger partial charge is 0.419 e. The van der Waals surface area contributed by atoms with Gasteiger partial charge in [-0.05, 0) is 31.2 Å². The maximum Gasteiger partial charge on any atom is 0.419 e. The average molecular weight is 412 g/mol. The maximum absolute atomic E-state index is 12.1. The Kier molecular flexibility index (Phi) is 6.63. The lowest BCUT2D eigenvalue weighted by Crippen LogP contribution is -2.23. The summed E-state index contributed by atoms with van der Waals surface area (Å²) in [6.07, 6.45) is -0.115. The van der Waals surface area contributed by atoms with E-state index in [9.17, 15) is 19.2 Å². The molecule has 0 atom stereocenters. The molecule has 1 N–H and O–H groups in total. The first-order valence-corrected chi connectivity index (χ1v) is 9.29. The van der Waals surface area contributed by atoms with Crippen LogP contribution in [-0.4, -0.2) is 35.6 Å². The molecule has 0 bridgehead atoms. The van der Waals surface area contributed by atoms with Gasteiger partial charge < -0.3 is 19.2 Å². The van der Waals surface area contributed by atoms with E-state index in [0.717, 1.165) is 0 Å². The van der Waals surface area contributed by atoms with Crippen molar-refractivity contribution in [3.63, 3.8) is 0 Å². The van der Waals surface area contributed by atoms with Gasteiger partial charge in [0.05, 0.1) is 29.8 Å². The summed E-state index contributed by atoms with van der Waals surface area (Å²) >= 11 is 0. The number of esters is 2. The van der Waals surface area contributed by atoms with E-state index in [-0.39, 0.29) is 30.8 Å². The van der Waals surface area contributed by atoms with E-state index in [0.29, 0.717) is 11.1 Å². The molecular formula is C21H20N2O7. The summed E-state index contributed by atoms with van der Waals surface area (Å²) in [4.78, 5) is 47.9. The number of ether oxygens (including phenoxy) is 2. The molecule has 3 aromatic rings. The molecule has 1 amide bonds. The first-order chi connectivity index (χ1) is 14.5. The maximum atomic E-state index is 12.1. The number of carbonyl (C=O) groups excluding carboxylic acids is 3. The molecular weight excluding hydrogens is 392 g/mol. The molecule has 3 rings (SSSR count). The molecule has 0 fully saturated rings. The van der Waals surface area contributed by atoms with Crippen LogP contribution < -0.4 is 11.1 Å². The van der Waals surface area contributed by atoms with Gasteiger partial charge in [0, 0.05) is 6.54 Å². The van der Waals surface area contributed by atoms with Crippen LogP contribution in [0.2, 0.25) is 0 Å². The molecule has 0 radical (unpaired) electrons. The second-order valence-electron chi connectivity index (χ2n) is 6.21. The number of amides is 1. The molecule has 2 aromatic carbocycles. The van der Waals surface area contributed by atoms with Crippen molar-refractivity contribution in [3.05, 3.63) is 64.6 Å². The average Bonchev–Trinajstić information content (AvgIpc) is 3.06. The van der Waals surface area contributed by atoms with Crippen molar-refractivity contribution >= 4 is 34.6 Å². The largest absolute Gasteiger partial charge is 0.462 e. The Balaban J connectivity index is 1.53. The van der Waals surface area contributed by atoms with Gasteiger partial charge in [0.15, 0.2) is 12.2 Å². The number of rotatable bonds is 8. The number of para-hydroxylation sites is 3. The van der Waals surface area contributed by atoms with Gasteiger partial charge in [0.25, 0.3) is 5.91 Å². The molecule has 1 aromatic heterocycles. The molecule has 30 heavy (non-hydrogen) atoms. The van der Waals surface area contributed by atoms with E-state index >= 15 is 0 Å². The van der Waals surface area contributed by atoms with Crippen molar-refractivity contribution in [2.45, 2.75) is 19.9 Å². The number of nitrogens with one attached hydrogen (secondary N) is 1. The lowest BCUT2D eigenvalue weighted by molar-refractivity contribution is -0.147. The highest BCUT2D eigenvalue weighted by atomic mass is 16.5. The minimum atomic E-state index is -0.652. The standard InChI is InChI=1S/C21H20N2O7/c1-2-28-20(26)14-7-3-4-8-15(14)22-18(24)13-29-19(25)11-12-23-16-9-5-6-10-17(16)30-21(23)27/h3-10H,2,11-13H2,1H3,(H,22,24). The quantitative estimate of drug-likeness (QED) is 0.564. The summed E-state index contributed by atoms with van der Waals surface area (Å²) in [6, 6.07) is 13.2. The molecule has 0 aliphatic rings. The van der Waals surface area contributed by atoms with Crippen LogP contribution in [0.1, 0.15) is 23.7 Å². The van der Waals surface area contributed by atoms with Gasteiger partial charge in [0.1, 0.15) is 0 Å². The third kappa shape index (κ3) is 4.93. The zero-order valence-corrected chi connectivity index (χ0v) is 16.3. The van der Waals surface area contributed by atoms with Gasteiger partial charge >= 0.3 is 17.7 Å². The number of anilines is 1. The zero-order chi connectivity index (χ0) is 21.5. The van der Waals surface area contributed by atoms with Crippen LogP contribution in [0.3, 0.4) is 0 Å². The first kappa shape index (κ1) is 20.8. The summed E-state index contributed by atoms with van der Waals surface area (Å²) in [5, 5.41) is 2.52. The molecule has 9 heteroatoms. The Morgan fingerprint density at radius 2 is 1.77 bits per heavy atom. The predicted octanol–water partition coefficient (Wildman–Crippen LogP) is 2.34. The first-order valence-electron chi connectivity index (χ1n) is 9.29. The number of hydrogen-bond donors (Lipinski definition) is 1. The predicted molar refractivity (Wildman–Crippen MR) is 107 cm³/mol. The van der Waals surface area contributed by atoms with Crippen molar-refractivity contribution in [1.82, 2.24) is 4.57 Å².